The Balaban J connectivity index is 1.73. The van der Waals surface area contributed by atoms with Gasteiger partial charge in [0, 0.05) is 30.8 Å². The SMILES string of the molecule is COc1ccccc1CNC(=O)c1cccc(S(=O)(=O)N2CCOCC2)c1. The Kier molecular flexibility index (Phi) is 6.10. The highest BCUT2D eigenvalue weighted by Gasteiger charge is 2.26. The molecule has 1 heterocycles. The molecule has 0 radical (unpaired) electrons. The highest BCUT2D eigenvalue weighted by Crippen LogP contribution is 2.19. The van der Waals surface area contributed by atoms with Crippen molar-refractivity contribution in [2.45, 2.75) is 11.4 Å². The molecule has 0 saturated carbocycles. The van der Waals surface area contributed by atoms with Crippen LogP contribution in [0.2, 0.25) is 0 Å². The Hall–Kier alpha value is -2.42. The summed E-state index contributed by atoms with van der Waals surface area (Å²) in [5, 5.41) is 2.80. The Morgan fingerprint density at radius 3 is 2.63 bits per heavy atom. The van der Waals surface area contributed by atoms with E-state index in [2.05, 4.69) is 5.32 Å². The lowest BCUT2D eigenvalue weighted by Crippen LogP contribution is -2.40. The molecule has 1 N–H and O–H groups in total. The van der Waals surface area contributed by atoms with Crippen molar-refractivity contribution in [3.05, 3.63) is 59.7 Å². The predicted molar refractivity (Wildman–Crippen MR) is 100 cm³/mol. The molecule has 0 aliphatic carbocycles. The van der Waals surface area contributed by atoms with Gasteiger partial charge in [-0.25, -0.2) is 8.42 Å². The lowest BCUT2D eigenvalue weighted by Gasteiger charge is -2.26. The van der Waals surface area contributed by atoms with E-state index in [-0.39, 0.29) is 17.3 Å². The molecule has 27 heavy (non-hydrogen) atoms. The minimum Gasteiger partial charge on any atom is -0.496 e. The van der Waals surface area contributed by atoms with E-state index in [1.807, 2.05) is 24.3 Å². The summed E-state index contributed by atoms with van der Waals surface area (Å²) in [6, 6.07) is 13.5. The number of amides is 1. The fourth-order valence-corrected chi connectivity index (χ4v) is 4.31. The summed E-state index contributed by atoms with van der Waals surface area (Å²) in [5.41, 5.74) is 1.13. The van der Waals surface area contributed by atoms with Crippen molar-refractivity contribution >= 4 is 15.9 Å². The molecule has 7 nitrogen and oxygen atoms in total. The third-order valence-electron chi connectivity index (χ3n) is 4.34. The van der Waals surface area contributed by atoms with Gasteiger partial charge in [-0.3, -0.25) is 4.79 Å². The molecule has 0 spiro atoms. The molecule has 0 unspecified atom stereocenters. The van der Waals surface area contributed by atoms with Crippen molar-refractivity contribution in [1.82, 2.24) is 9.62 Å². The van der Waals surface area contributed by atoms with Crippen LogP contribution in [0, 0.1) is 0 Å². The van der Waals surface area contributed by atoms with E-state index >= 15 is 0 Å². The second-order valence-corrected chi connectivity index (χ2v) is 7.98. The van der Waals surface area contributed by atoms with E-state index in [1.54, 1.807) is 19.2 Å². The number of hydrogen-bond acceptors (Lipinski definition) is 5. The lowest BCUT2D eigenvalue weighted by molar-refractivity contribution is 0.0730. The number of morpholine rings is 1. The third-order valence-corrected chi connectivity index (χ3v) is 6.23. The number of carbonyl (C=O) groups excluding carboxylic acids is 1. The molecular weight excluding hydrogens is 368 g/mol. The van der Waals surface area contributed by atoms with E-state index in [1.165, 1.54) is 16.4 Å². The maximum Gasteiger partial charge on any atom is 0.251 e. The summed E-state index contributed by atoms with van der Waals surface area (Å²) in [7, 11) is -2.07. The zero-order chi connectivity index (χ0) is 19.3. The average Bonchev–Trinajstić information content (AvgIpc) is 2.73. The Morgan fingerprint density at radius 2 is 1.89 bits per heavy atom. The zero-order valence-electron chi connectivity index (χ0n) is 15.1. The topological polar surface area (TPSA) is 84.9 Å². The Labute approximate surface area is 158 Å². The lowest BCUT2D eigenvalue weighted by atomic mass is 10.2. The van der Waals surface area contributed by atoms with Crippen LogP contribution >= 0.6 is 0 Å². The standard InChI is InChI=1S/C19H22N2O5S/c1-25-18-8-3-2-5-16(18)14-20-19(22)15-6-4-7-17(13-15)27(23,24)21-9-11-26-12-10-21/h2-8,13H,9-12,14H2,1H3,(H,20,22). The predicted octanol–water partition coefficient (Wildman–Crippen LogP) is 1.65. The van der Waals surface area contributed by atoms with Crippen LogP contribution in [0.5, 0.6) is 5.75 Å². The first-order chi connectivity index (χ1) is 13.0. The number of carbonyl (C=O) groups is 1. The molecule has 1 saturated heterocycles. The van der Waals surface area contributed by atoms with Crippen molar-refractivity contribution < 1.29 is 22.7 Å². The number of rotatable bonds is 6. The monoisotopic (exact) mass is 390 g/mol. The maximum absolute atomic E-state index is 12.7. The van der Waals surface area contributed by atoms with Crippen molar-refractivity contribution in [1.29, 1.82) is 0 Å². The Morgan fingerprint density at radius 1 is 1.15 bits per heavy atom. The first-order valence-electron chi connectivity index (χ1n) is 8.60. The number of hydrogen-bond donors (Lipinski definition) is 1. The molecule has 1 aliphatic rings. The fourth-order valence-electron chi connectivity index (χ4n) is 2.86. The van der Waals surface area contributed by atoms with Gasteiger partial charge in [0.15, 0.2) is 0 Å². The molecule has 0 atom stereocenters. The van der Waals surface area contributed by atoms with Crippen LogP contribution in [-0.4, -0.2) is 52.0 Å². The smallest absolute Gasteiger partial charge is 0.251 e. The van der Waals surface area contributed by atoms with Crippen LogP contribution in [0.25, 0.3) is 0 Å². The van der Waals surface area contributed by atoms with Crippen molar-refractivity contribution in [2.75, 3.05) is 33.4 Å². The summed E-state index contributed by atoms with van der Waals surface area (Å²) in [5.74, 6) is 0.335. The Bertz CT molecular complexity index is 908. The molecule has 3 rings (SSSR count). The summed E-state index contributed by atoms with van der Waals surface area (Å²) in [6.45, 7) is 1.65. The minimum absolute atomic E-state index is 0.106. The van der Waals surface area contributed by atoms with E-state index in [4.69, 9.17) is 9.47 Å². The van der Waals surface area contributed by atoms with Gasteiger partial charge in [0.05, 0.1) is 25.2 Å². The van der Waals surface area contributed by atoms with E-state index in [9.17, 15) is 13.2 Å². The quantitative estimate of drug-likeness (QED) is 0.811. The largest absolute Gasteiger partial charge is 0.496 e. The molecule has 2 aromatic rings. The van der Waals surface area contributed by atoms with Gasteiger partial charge in [0.1, 0.15) is 5.75 Å². The fraction of sp³-hybridized carbons (Fsp3) is 0.316. The second-order valence-electron chi connectivity index (χ2n) is 6.04. The number of sulfonamides is 1. The van der Waals surface area contributed by atoms with Gasteiger partial charge in [-0.1, -0.05) is 24.3 Å². The highest BCUT2D eigenvalue weighted by atomic mass is 32.2. The molecule has 1 fully saturated rings. The van der Waals surface area contributed by atoms with Gasteiger partial charge < -0.3 is 14.8 Å². The molecule has 1 amide bonds. The molecule has 2 aromatic carbocycles. The van der Waals surface area contributed by atoms with Crippen molar-refractivity contribution in [2.24, 2.45) is 0 Å². The van der Waals surface area contributed by atoms with Gasteiger partial charge in [-0.15, -0.1) is 0 Å². The molecule has 0 aromatic heterocycles. The van der Waals surface area contributed by atoms with Gasteiger partial charge >= 0.3 is 0 Å². The summed E-state index contributed by atoms with van der Waals surface area (Å²) < 4.78 is 37.3. The van der Waals surface area contributed by atoms with Crippen LogP contribution in [0.4, 0.5) is 0 Å². The van der Waals surface area contributed by atoms with Crippen LogP contribution in [0.15, 0.2) is 53.4 Å². The first kappa shape index (κ1) is 19.3. The average molecular weight is 390 g/mol. The van der Waals surface area contributed by atoms with Crippen LogP contribution in [-0.2, 0) is 21.3 Å². The number of methoxy groups -OCH3 is 1. The number of para-hydroxylation sites is 1. The van der Waals surface area contributed by atoms with E-state index < -0.39 is 10.0 Å². The number of nitrogens with zero attached hydrogens (tertiary/aromatic N) is 1. The molecular formula is C19H22N2O5S. The first-order valence-corrected chi connectivity index (χ1v) is 10.0. The van der Waals surface area contributed by atoms with Crippen LogP contribution in [0.1, 0.15) is 15.9 Å². The summed E-state index contributed by atoms with van der Waals surface area (Å²) in [4.78, 5) is 12.6. The van der Waals surface area contributed by atoms with Crippen molar-refractivity contribution in [3.63, 3.8) is 0 Å². The van der Waals surface area contributed by atoms with Gasteiger partial charge in [-0.05, 0) is 24.3 Å². The van der Waals surface area contributed by atoms with E-state index in [0.717, 1.165) is 5.56 Å². The van der Waals surface area contributed by atoms with Gasteiger partial charge in [0.25, 0.3) is 5.91 Å². The molecule has 8 heteroatoms. The number of benzene rings is 2. The maximum atomic E-state index is 12.7. The zero-order valence-corrected chi connectivity index (χ0v) is 15.9. The van der Waals surface area contributed by atoms with Gasteiger partial charge in [0.2, 0.25) is 10.0 Å². The molecule has 144 valence electrons. The summed E-state index contributed by atoms with van der Waals surface area (Å²) >= 11 is 0. The van der Waals surface area contributed by atoms with Gasteiger partial charge in [-0.2, -0.15) is 4.31 Å². The second kappa shape index (κ2) is 8.51. The molecule has 0 bridgehead atoms. The third kappa shape index (κ3) is 4.47. The molecule has 1 aliphatic heterocycles. The van der Waals surface area contributed by atoms with E-state index in [0.29, 0.717) is 37.6 Å². The van der Waals surface area contributed by atoms with Crippen molar-refractivity contribution in [3.8, 4) is 5.75 Å². The number of nitrogens with one attached hydrogen (secondary N) is 1. The summed E-state index contributed by atoms with van der Waals surface area (Å²) in [6.07, 6.45) is 0. The van der Waals surface area contributed by atoms with Crippen LogP contribution in [0.3, 0.4) is 0 Å². The highest BCUT2D eigenvalue weighted by molar-refractivity contribution is 7.89. The normalized spacial score (nSPS) is 15.3. The number of ether oxygens (including phenoxy) is 2. The van der Waals surface area contributed by atoms with Crippen LogP contribution < -0.4 is 10.1 Å². The minimum atomic E-state index is -3.64.